The molecular formula is C13H17NO3. The molecule has 1 aliphatic carbocycles. The van der Waals surface area contributed by atoms with Gasteiger partial charge in [-0.15, -0.1) is 0 Å². The molecule has 0 N–H and O–H groups in total. The molecule has 1 saturated carbocycles. The molecule has 0 heterocycles. The number of hydrogen-bond acceptors (Lipinski definition) is 3. The highest BCUT2D eigenvalue weighted by Crippen LogP contribution is 2.36. The van der Waals surface area contributed by atoms with E-state index >= 15 is 0 Å². The van der Waals surface area contributed by atoms with Crippen LogP contribution in [0.5, 0.6) is 5.75 Å². The van der Waals surface area contributed by atoms with Gasteiger partial charge in [0.15, 0.2) is 5.75 Å². The summed E-state index contributed by atoms with van der Waals surface area (Å²) in [6.45, 7) is 6.11. The molecule has 0 spiro atoms. The van der Waals surface area contributed by atoms with E-state index in [1.807, 2.05) is 26.8 Å². The Labute approximate surface area is 101 Å². The van der Waals surface area contributed by atoms with Crippen LogP contribution in [0.3, 0.4) is 0 Å². The lowest BCUT2D eigenvalue weighted by atomic mass is 9.87. The molecule has 1 aromatic carbocycles. The van der Waals surface area contributed by atoms with Gasteiger partial charge in [0.25, 0.3) is 0 Å². The average molecular weight is 235 g/mol. The molecular weight excluding hydrogens is 218 g/mol. The molecule has 0 unspecified atom stereocenters. The van der Waals surface area contributed by atoms with Crippen LogP contribution in [0.25, 0.3) is 0 Å². The van der Waals surface area contributed by atoms with E-state index in [2.05, 4.69) is 0 Å². The van der Waals surface area contributed by atoms with Crippen molar-refractivity contribution in [3.8, 4) is 5.75 Å². The second-order valence-corrected chi connectivity index (χ2v) is 5.51. The summed E-state index contributed by atoms with van der Waals surface area (Å²) >= 11 is 0. The third-order valence-electron chi connectivity index (χ3n) is 2.84. The summed E-state index contributed by atoms with van der Waals surface area (Å²) < 4.78 is 5.54. The van der Waals surface area contributed by atoms with Crippen LogP contribution in [0.2, 0.25) is 0 Å². The van der Waals surface area contributed by atoms with Gasteiger partial charge in [-0.25, -0.2) is 0 Å². The van der Waals surface area contributed by atoms with E-state index in [-0.39, 0.29) is 22.1 Å². The van der Waals surface area contributed by atoms with Crippen LogP contribution < -0.4 is 4.74 Å². The van der Waals surface area contributed by atoms with Crippen molar-refractivity contribution in [2.24, 2.45) is 0 Å². The minimum Gasteiger partial charge on any atom is -0.483 e. The topological polar surface area (TPSA) is 52.4 Å². The average Bonchev–Trinajstić information content (AvgIpc) is 3.00. The van der Waals surface area contributed by atoms with Gasteiger partial charge in [0.05, 0.1) is 11.0 Å². The molecule has 1 aliphatic rings. The summed E-state index contributed by atoms with van der Waals surface area (Å²) in [4.78, 5) is 10.7. The van der Waals surface area contributed by atoms with Gasteiger partial charge < -0.3 is 4.74 Å². The lowest BCUT2D eigenvalue weighted by Gasteiger charge is -2.19. The first kappa shape index (κ1) is 11.9. The number of nitro groups is 1. The van der Waals surface area contributed by atoms with Crippen molar-refractivity contribution in [2.75, 3.05) is 0 Å². The van der Waals surface area contributed by atoms with E-state index in [1.165, 1.54) is 0 Å². The van der Waals surface area contributed by atoms with Crippen LogP contribution in [0.15, 0.2) is 18.2 Å². The van der Waals surface area contributed by atoms with Gasteiger partial charge in [0, 0.05) is 6.07 Å². The van der Waals surface area contributed by atoms with Crippen molar-refractivity contribution in [3.05, 3.63) is 33.9 Å². The SMILES string of the molecule is CC(C)(C)c1ccc(OC2CC2)c([N+](=O)[O-])c1. The fraction of sp³-hybridized carbons (Fsp3) is 0.538. The van der Waals surface area contributed by atoms with E-state index in [0.29, 0.717) is 5.75 Å². The Morgan fingerprint density at radius 2 is 2.00 bits per heavy atom. The van der Waals surface area contributed by atoms with Crippen molar-refractivity contribution < 1.29 is 9.66 Å². The molecule has 0 aromatic heterocycles. The van der Waals surface area contributed by atoms with Crippen molar-refractivity contribution in [1.82, 2.24) is 0 Å². The van der Waals surface area contributed by atoms with Gasteiger partial charge >= 0.3 is 5.69 Å². The lowest BCUT2D eigenvalue weighted by Crippen LogP contribution is -2.12. The standard InChI is InChI=1S/C13H17NO3/c1-13(2,3)9-4-7-12(17-10-5-6-10)11(8-9)14(15)16/h4,7-8,10H,5-6H2,1-3H3. The minimum atomic E-state index is -0.368. The van der Waals surface area contributed by atoms with Gasteiger partial charge in [-0.2, -0.15) is 0 Å². The Kier molecular flexibility index (Phi) is 2.81. The fourth-order valence-corrected chi connectivity index (χ4v) is 1.59. The van der Waals surface area contributed by atoms with E-state index in [0.717, 1.165) is 18.4 Å². The summed E-state index contributed by atoms with van der Waals surface area (Å²) in [5.74, 6) is 0.394. The predicted octanol–water partition coefficient (Wildman–Crippen LogP) is 3.43. The van der Waals surface area contributed by atoms with Crippen LogP contribution in [-0.2, 0) is 5.41 Å². The highest BCUT2D eigenvalue weighted by atomic mass is 16.6. The monoisotopic (exact) mass is 235 g/mol. The summed E-state index contributed by atoms with van der Waals surface area (Å²) in [6.07, 6.45) is 2.17. The Morgan fingerprint density at radius 3 is 2.47 bits per heavy atom. The van der Waals surface area contributed by atoms with Crippen LogP contribution >= 0.6 is 0 Å². The van der Waals surface area contributed by atoms with Crippen LogP contribution in [-0.4, -0.2) is 11.0 Å². The third kappa shape index (κ3) is 2.75. The third-order valence-corrected chi connectivity index (χ3v) is 2.84. The van der Waals surface area contributed by atoms with Crippen LogP contribution in [0, 0.1) is 10.1 Å². The zero-order valence-corrected chi connectivity index (χ0v) is 10.4. The normalized spacial score (nSPS) is 15.7. The number of nitro benzene ring substituents is 1. The smallest absolute Gasteiger partial charge is 0.311 e. The molecule has 0 radical (unpaired) electrons. The molecule has 17 heavy (non-hydrogen) atoms. The van der Waals surface area contributed by atoms with Gasteiger partial charge in [0.1, 0.15) is 0 Å². The minimum absolute atomic E-state index is 0.0734. The van der Waals surface area contributed by atoms with Crippen molar-refractivity contribution in [2.45, 2.75) is 45.1 Å². The first-order valence-corrected chi connectivity index (χ1v) is 5.83. The van der Waals surface area contributed by atoms with Crippen molar-refractivity contribution >= 4 is 5.69 Å². The second-order valence-electron chi connectivity index (χ2n) is 5.51. The molecule has 1 fully saturated rings. The summed E-state index contributed by atoms with van der Waals surface area (Å²) in [5.41, 5.74) is 0.930. The lowest BCUT2D eigenvalue weighted by molar-refractivity contribution is -0.386. The Morgan fingerprint density at radius 1 is 1.35 bits per heavy atom. The second kappa shape index (κ2) is 4.02. The van der Waals surface area contributed by atoms with Crippen molar-refractivity contribution in [3.63, 3.8) is 0 Å². The van der Waals surface area contributed by atoms with Gasteiger partial charge in [0.2, 0.25) is 0 Å². The Hall–Kier alpha value is -1.58. The molecule has 0 saturated heterocycles. The quantitative estimate of drug-likeness (QED) is 0.595. The van der Waals surface area contributed by atoms with E-state index in [4.69, 9.17) is 4.74 Å². The molecule has 92 valence electrons. The van der Waals surface area contributed by atoms with Crippen LogP contribution in [0.1, 0.15) is 39.2 Å². The molecule has 2 rings (SSSR count). The number of benzene rings is 1. The number of rotatable bonds is 3. The van der Waals surface area contributed by atoms with E-state index < -0.39 is 0 Å². The van der Waals surface area contributed by atoms with Gasteiger partial charge in [-0.1, -0.05) is 26.8 Å². The van der Waals surface area contributed by atoms with Gasteiger partial charge in [-0.3, -0.25) is 10.1 Å². The Bertz CT molecular complexity index is 444. The molecule has 0 amide bonds. The molecule has 1 aromatic rings. The van der Waals surface area contributed by atoms with Crippen LogP contribution in [0.4, 0.5) is 5.69 Å². The summed E-state index contributed by atoms with van der Waals surface area (Å²) in [6, 6.07) is 5.25. The first-order chi connectivity index (χ1) is 7.88. The molecule has 4 heteroatoms. The molecule has 0 aliphatic heterocycles. The highest BCUT2D eigenvalue weighted by molar-refractivity contribution is 5.50. The zero-order chi connectivity index (χ0) is 12.6. The largest absolute Gasteiger partial charge is 0.483 e. The fourth-order valence-electron chi connectivity index (χ4n) is 1.59. The molecule has 0 atom stereocenters. The van der Waals surface area contributed by atoms with Crippen molar-refractivity contribution in [1.29, 1.82) is 0 Å². The number of hydrogen-bond donors (Lipinski definition) is 0. The summed E-state index contributed by atoms with van der Waals surface area (Å²) in [7, 11) is 0. The van der Waals surface area contributed by atoms with Gasteiger partial charge in [-0.05, 0) is 29.9 Å². The maximum Gasteiger partial charge on any atom is 0.311 e. The first-order valence-electron chi connectivity index (χ1n) is 5.83. The molecule has 0 bridgehead atoms. The number of nitrogens with zero attached hydrogens (tertiary/aromatic N) is 1. The number of ether oxygens (including phenoxy) is 1. The van der Waals surface area contributed by atoms with E-state index in [9.17, 15) is 10.1 Å². The maximum absolute atomic E-state index is 11.0. The summed E-state index contributed by atoms with van der Waals surface area (Å²) in [5, 5.41) is 11.0. The predicted molar refractivity (Wildman–Crippen MR) is 65.4 cm³/mol. The maximum atomic E-state index is 11.0. The zero-order valence-electron chi connectivity index (χ0n) is 10.4. The molecule has 4 nitrogen and oxygen atoms in total. The Balaban J connectivity index is 2.36. The van der Waals surface area contributed by atoms with E-state index in [1.54, 1.807) is 12.1 Å². The highest BCUT2D eigenvalue weighted by Gasteiger charge is 2.28.